The Morgan fingerprint density at radius 2 is 1.68 bits per heavy atom. The molecular weight excluding hydrogens is 484 g/mol. The molecule has 0 spiro atoms. The molecule has 2 heterocycles. The molecule has 204 valence electrons. The molecule has 1 aliphatic rings. The third-order valence-electron chi connectivity index (χ3n) is 6.56. The molecule has 0 radical (unpaired) electrons. The summed E-state index contributed by atoms with van der Waals surface area (Å²) in [6.45, 7) is 13.4. The molecule has 1 saturated heterocycles. The molecule has 1 fully saturated rings. The van der Waals surface area contributed by atoms with Gasteiger partial charge >= 0.3 is 12.0 Å². The fourth-order valence-corrected chi connectivity index (χ4v) is 4.75. The van der Waals surface area contributed by atoms with Crippen LogP contribution >= 0.6 is 0 Å². The van der Waals surface area contributed by atoms with E-state index in [9.17, 15) is 9.59 Å². The Bertz CT molecular complexity index is 1290. The first-order valence-corrected chi connectivity index (χ1v) is 13.0. The average molecular weight is 523 g/mol. The predicted octanol–water partition coefficient (Wildman–Crippen LogP) is 5.38. The number of hydrogen-bond acceptors (Lipinski definition) is 6. The minimum Gasteiger partial charge on any atom is -0.492 e. The second-order valence-electron chi connectivity index (χ2n) is 10.8. The van der Waals surface area contributed by atoms with Crippen molar-refractivity contribution in [1.82, 2.24) is 9.88 Å². The zero-order valence-electron chi connectivity index (χ0n) is 23.0. The highest BCUT2D eigenvalue weighted by Gasteiger charge is 2.24. The number of nitrogens with one attached hydrogen (secondary N) is 3. The van der Waals surface area contributed by atoms with Gasteiger partial charge in [-0.25, -0.2) is 9.59 Å². The van der Waals surface area contributed by atoms with Gasteiger partial charge in [0.15, 0.2) is 0 Å². The van der Waals surface area contributed by atoms with E-state index in [2.05, 4.69) is 34.4 Å². The van der Waals surface area contributed by atoms with Crippen LogP contribution in [0, 0.1) is 0 Å². The van der Waals surface area contributed by atoms with Crippen LogP contribution < -0.4 is 15.4 Å². The van der Waals surface area contributed by atoms with Crippen molar-refractivity contribution in [2.24, 2.45) is 0 Å². The number of carbonyl (C=O) groups is 2. The lowest BCUT2D eigenvalue weighted by molar-refractivity contribution is -0.0699. The number of fused-ring (bicyclic) bond motifs is 1. The highest BCUT2D eigenvalue weighted by atomic mass is 16.5. The average Bonchev–Trinajstić information content (AvgIpc) is 3.28. The molecule has 2 amide bonds. The molecule has 38 heavy (non-hydrogen) atoms. The lowest BCUT2D eigenvalue weighted by Crippen LogP contribution is -2.46. The number of H-pyrrole nitrogens is 1. The van der Waals surface area contributed by atoms with Gasteiger partial charge in [0, 0.05) is 41.5 Å². The minimum absolute atomic E-state index is 0.199. The molecule has 1 aliphatic heterocycles. The van der Waals surface area contributed by atoms with Crippen LogP contribution in [0.3, 0.4) is 0 Å². The largest absolute Gasteiger partial charge is 0.492 e. The van der Waals surface area contributed by atoms with Crippen LogP contribution in [-0.4, -0.2) is 67.4 Å². The molecule has 0 unspecified atom stereocenters. The van der Waals surface area contributed by atoms with E-state index in [-0.39, 0.29) is 23.3 Å². The van der Waals surface area contributed by atoms with Crippen LogP contribution in [0.2, 0.25) is 0 Å². The number of morpholine rings is 1. The van der Waals surface area contributed by atoms with Crippen molar-refractivity contribution in [3.05, 3.63) is 53.9 Å². The molecule has 2 atom stereocenters. The molecule has 2 aromatic carbocycles. The molecule has 0 bridgehead atoms. The van der Waals surface area contributed by atoms with E-state index >= 15 is 0 Å². The number of anilines is 2. The Balaban J connectivity index is 1.47. The van der Waals surface area contributed by atoms with E-state index in [0.29, 0.717) is 18.0 Å². The van der Waals surface area contributed by atoms with Gasteiger partial charge in [-0.15, -0.1) is 0 Å². The van der Waals surface area contributed by atoms with E-state index in [1.165, 1.54) is 7.11 Å². The van der Waals surface area contributed by atoms with Crippen molar-refractivity contribution < 1.29 is 23.8 Å². The zero-order valence-corrected chi connectivity index (χ0v) is 23.0. The number of urea groups is 1. The van der Waals surface area contributed by atoms with Crippen molar-refractivity contribution in [2.45, 2.75) is 52.2 Å². The summed E-state index contributed by atoms with van der Waals surface area (Å²) in [4.78, 5) is 30.7. The number of benzene rings is 2. The molecule has 9 nitrogen and oxygen atoms in total. The fraction of sp³-hybridized carbons (Fsp3) is 0.448. The number of methoxy groups -OCH3 is 1. The van der Waals surface area contributed by atoms with Crippen molar-refractivity contribution in [2.75, 3.05) is 44.0 Å². The van der Waals surface area contributed by atoms with E-state index in [1.54, 1.807) is 6.07 Å². The molecule has 1 aromatic heterocycles. The first kappa shape index (κ1) is 27.5. The number of amides is 2. The number of esters is 1. The van der Waals surface area contributed by atoms with Crippen molar-refractivity contribution in [3.63, 3.8) is 0 Å². The number of aromatic nitrogens is 1. The summed E-state index contributed by atoms with van der Waals surface area (Å²) in [5.74, 6) is 0.207. The first-order valence-electron chi connectivity index (χ1n) is 13.0. The SMILES string of the molecule is COC(=O)c1[nH]c(C(C)(C)C)cc1NC(=O)Nc1ccc(OCCN2C[C@@H](C)O[C@@H](C)C2)c2ccccc12. The quantitative estimate of drug-likeness (QED) is 0.360. The van der Waals surface area contributed by atoms with E-state index < -0.39 is 12.0 Å². The van der Waals surface area contributed by atoms with Crippen LogP contribution in [-0.2, 0) is 14.9 Å². The van der Waals surface area contributed by atoms with Crippen LogP contribution in [0.5, 0.6) is 5.75 Å². The molecule has 3 N–H and O–H groups in total. The second kappa shape index (κ2) is 11.4. The lowest BCUT2D eigenvalue weighted by atomic mass is 9.92. The van der Waals surface area contributed by atoms with Gasteiger partial charge < -0.3 is 29.8 Å². The van der Waals surface area contributed by atoms with Crippen LogP contribution in [0.4, 0.5) is 16.2 Å². The minimum atomic E-state index is -0.552. The maximum absolute atomic E-state index is 13.0. The van der Waals surface area contributed by atoms with Crippen molar-refractivity contribution in [3.8, 4) is 5.75 Å². The monoisotopic (exact) mass is 522 g/mol. The summed E-state index contributed by atoms with van der Waals surface area (Å²) >= 11 is 0. The Hall–Kier alpha value is -3.56. The first-order chi connectivity index (χ1) is 18.0. The maximum Gasteiger partial charge on any atom is 0.356 e. The Kier molecular flexibility index (Phi) is 8.28. The van der Waals surface area contributed by atoms with E-state index in [0.717, 1.165) is 41.9 Å². The predicted molar refractivity (Wildman–Crippen MR) is 149 cm³/mol. The summed E-state index contributed by atoms with van der Waals surface area (Å²) in [6.07, 6.45) is 0.428. The molecule has 9 heteroatoms. The van der Waals surface area contributed by atoms with Crippen LogP contribution in [0.25, 0.3) is 10.8 Å². The fourth-order valence-electron chi connectivity index (χ4n) is 4.75. The second-order valence-corrected chi connectivity index (χ2v) is 10.8. The van der Waals surface area contributed by atoms with Gasteiger partial charge in [0.2, 0.25) is 0 Å². The number of aromatic amines is 1. The third-order valence-corrected chi connectivity index (χ3v) is 6.56. The van der Waals surface area contributed by atoms with E-state index in [1.807, 2.05) is 57.2 Å². The van der Waals surface area contributed by atoms with Gasteiger partial charge in [-0.1, -0.05) is 45.0 Å². The Labute approximate surface area is 223 Å². The molecule has 0 saturated carbocycles. The number of ether oxygens (including phenoxy) is 3. The normalized spacial score (nSPS) is 18.3. The van der Waals surface area contributed by atoms with Gasteiger partial charge in [0.05, 0.1) is 30.7 Å². The summed E-state index contributed by atoms with van der Waals surface area (Å²) < 4.78 is 16.9. The maximum atomic E-state index is 13.0. The van der Waals surface area contributed by atoms with Gasteiger partial charge in [-0.05, 0) is 32.0 Å². The molecule has 0 aliphatic carbocycles. The third kappa shape index (κ3) is 6.46. The van der Waals surface area contributed by atoms with E-state index in [4.69, 9.17) is 14.2 Å². The molecular formula is C29H38N4O5. The summed E-state index contributed by atoms with van der Waals surface area (Å²) in [6, 6.07) is 12.8. The summed E-state index contributed by atoms with van der Waals surface area (Å²) in [5.41, 5.74) is 1.75. The zero-order chi connectivity index (χ0) is 27.4. The number of hydrogen-bond donors (Lipinski definition) is 3. The topological polar surface area (TPSA) is 105 Å². The number of rotatable bonds is 7. The van der Waals surface area contributed by atoms with Crippen molar-refractivity contribution >= 4 is 34.1 Å². The van der Waals surface area contributed by atoms with Crippen molar-refractivity contribution in [1.29, 1.82) is 0 Å². The summed E-state index contributed by atoms with van der Waals surface area (Å²) in [5, 5.41) is 7.47. The number of nitrogens with zero attached hydrogens (tertiary/aromatic N) is 1. The molecule has 3 aromatic rings. The van der Waals surface area contributed by atoms with Crippen LogP contribution in [0.1, 0.15) is 50.8 Å². The highest BCUT2D eigenvalue weighted by Crippen LogP contribution is 2.32. The highest BCUT2D eigenvalue weighted by molar-refractivity contribution is 6.09. The lowest BCUT2D eigenvalue weighted by Gasteiger charge is -2.35. The van der Waals surface area contributed by atoms with Gasteiger partial charge in [0.1, 0.15) is 18.1 Å². The summed E-state index contributed by atoms with van der Waals surface area (Å²) in [7, 11) is 1.31. The number of carbonyl (C=O) groups excluding carboxylic acids is 2. The Morgan fingerprint density at radius 1 is 1.03 bits per heavy atom. The smallest absolute Gasteiger partial charge is 0.356 e. The van der Waals surface area contributed by atoms with Gasteiger partial charge in [-0.3, -0.25) is 4.90 Å². The van der Waals surface area contributed by atoms with Crippen LogP contribution in [0.15, 0.2) is 42.5 Å². The standard InChI is InChI=1S/C29H38N4O5/c1-18-16-33(17-19(2)38-18)13-14-37-24-12-11-22(20-9-7-8-10-21(20)24)30-28(35)31-23-15-25(29(3,4)5)32-26(23)27(34)36-6/h7-12,15,18-19,32H,13-14,16-17H2,1-6H3,(H2,30,31,35)/t18-,19+. The van der Waals surface area contributed by atoms with Gasteiger partial charge in [-0.2, -0.15) is 0 Å². The Morgan fingerprint density at radius 3 is 2.34 bits per heavy atom. The molecule has 4 rings (SSSR count). The van der Waals surface area contributed by atoms with Gasteiger partial charge in [0.25, 0.3) is 0 Å².